The van der Waals surface area contributed by atoms with E-state index in [1.54, 1.807) is 0 Å². The van der Waals surface area contributed by atoms with Gasteiger partial charge in [0.1, 0.15) is 11.0 Å². The van der Waals surface area contributed by atoms with Crippen molar-refractivity contribution in [2.75, 3.05) is 5.32 Å². The fourth-order valence-corrected chi connectivity index (χ4v) is 3.58. The smallest absolute Gasteiger partial charge is 0.249 e. The van der Waals surface area contributed by atoms with Crippen LogP contribution >= 0.6 is 11.3 Å². The Balaban J connectivity index is 1.70. The van der Waals surface area contributed by atoms with Gasteiger partial charge in [0, 0.05) is 18.4 Å². The Labute approximate surface area is 174 Å². The van der Waals surface area contributed by atoms with E-state index in [2.05, 4.69) is 20.8 Å². The molecule has 6 nitrogen and oxygen atoms in total. The maximum absolute atomic E-state index is 12.9. The average molecular weight is 409 g/mol. The van der Waals surface area contributed by atoms with Crippen LogP contribution in [0.25, 0.3) is 10.6 Å². The number of carbonyl (C=O) groups is 2. The van der Waals surface area contributed by atoms with Crippen molar-refractivity contribution in [3.8, 4) is 10.6 Å². The normalized spacial score (nSPS) is 11.6. The number of aromatic nitrogens is 2. The molecule has 3 rings (SSSR count). The average Bonchev–Trinajstić information content (AvgIpc) is 3.21. The fourth-order valence-electron chi connectivity index (χ4n) is 2.83. The monoisotopic (exact) mass is 408 g/mol. The second kappa shape index (κ2) is 10.5. The van der Waals surface area contributed by atoms with Crippen LogP contribution in [0.4, 0.5) is 5.13 Å². The predicted molar refractivity (Wildman–Crippen MR) is 116 cm³/mol. The molecule has 29 heavy (non-hydrogen) atoms. The molecule has 0 unspecified atom stereocenters. The van der Waals surface area contributed by atoms with Crippen LogP contribution < -0.4 is 10.6 Å². The topological polar surface area (TPSA) is 84.0 Å². The summed E-state index contributed by atoms with van der Waals surface area (Å²) < 4.78 is 0. The van der Waals surface area contributed by atoms with Gasteiger partial charge >= 0.3 is 0 Å². The van der Waals surface area contributed by atoms with Crippen molar-refractivity contribution >= 4 is 28.3 Å². The molecule has 0 fully saturated rings. The molecule has 0 bridgehead atoms. The maximum Gasteiger partial charge on any atom is 0.249 e. The lowest BCUT2D eigenvalue weighted by Crippen LogP contribution is -2.45. The molecule has 0 aliphatic carbocycles. The van der Waals surface area contributed by atoms with Crippen molar-refractivity contribution in [3.05, 3.63) is 66.2 Å². The largest absolute Gasteiger partial charge is 0.344 e. The number of hydrogen-bond donors (Lipinski definition) is 2. The quantitative estimate of drug-likeness (QED) is 0.559. The summed E-state index contributed by atoms with van der Waals surface area (Å²) in [4.78, 5) is 25.1. The number of benzene rings is 2. The predicted octanol–water partition coefficient (Wildman–Crippen LogP) is 4.06. The number of rotatable bonds is 9. The summed E-state index contributed by atoms with van der Waals surface area (Å²) >= 11 is 1.30. The van der Waals surface area contributed by atoms with Gasteiger partial charge in [-0.2, -0.15) is 0 Å². The third-order valence-electron chi connectivity index (χ3n) is 4.37. The van der Waals surface area contributed by atoms with E-state index >= 15 is 0 Å². The Kier molecular flexibility index (Phi) is 7.47. The molecule has 0 aliphatic heterocycles. The zero-order chi connectivity index (χ0) is 20.5. The lowest BCUT2D eigenvalue weighted by Gasteiger charge is -2.18. The number of nitrogens with one attached hydrogen (secondary N) is 2. The van der Waals surface area contributed by atoms with E-state index in [0.29, 0.717) is 18.0 Å². The lowest BCUT2D eigenvalue weighted by atomic mass is 10.0. The molecule has 1 aromatic heterocycles. The van der Waals surface area contributed by atoms with Gasteiger partial charge in [0.15, 0.2) is 0 Å². The molecule has 0 radical (unpaired) electrons. The minimum atomic E-state index is -0.675. The number of nitrogens with zero attached hydrogens (tertiary/aromatic N) is 2. The van der Waals surface area contributed by atoms with Gasteiger partial charge in [0.2, 0.25) is 16.9 Å². The number of unbranched alkanes of at least 4 members (excludes halogenated alkanes) is 1. The van der Waals surface area contributed by atoms with Crippen molar-refractivity contribution in [1.82, 2.24) is 15.5 Å². The Bertz CT molecular complexity index is 928. The second-order valence-electron chi connectivity index (χ2n) is 6.68. The summed E-state index contributed by atoms with van der Waals surface area (Å²) in [6, 6.07) is 18.6. The van der Waals surface area contributed by atoms with Crippen LogP contribution in [0, 0.1) is 0 Å². The van der Waals surface area contributed by atoms with Gasteiger partial charge in [0.25, 0.3) is 0 Å². The van der Waals surface area contributed by atoms with Crippen LogP contribution in [0.5, 0.6) is 0 Å². The summed E-state index contributed by atoms with van der Waals surface area (Å²) in [5, 5.41) is 15.0. The van der Waals surface area contributed by atoms with Crippen LogP contribution in [0.1, 0.15) is 31.7 Å². The van der Waals surface area contributed by atoms with E-state index in [9.17, 15) is 9.59 Å². The molecule has 7 heteroatoms. The minimum absolute atomic E-state index is 0.120. The molecular weight excluding hydrogens is 384 g/mol. The molecular formula is C22H24N4O2S. The van der Waals surface area contributed by atoms with E-state index in [0.717, 1.165) is 29.0 Å². The van der Waals surface area contributed by atoms with Gasteiger partial charge in [-0.15, -0.1) is 10.2 Å². The van der Waals surface area contributed by atoms with E-state index in [4.69, 9.17) is 0 Å². The molecule has 2 amide bonds. The van der Waals surface area contributed by atoms with Crippen LogP contribution in [-0.4, -0.2) is 28.1 Å². The first-order chi connectivity index (χ1) is 14.2. The zero-order valence-corrected chi connectivity index (χ0v) is 17.1. The number of hydrogen-bond acceptors (Lipinski definition) is 5. The molecule has 0 saturated heterocycles. The van der Waals surface area contributed by atoms with Crippen LogP contribution in [0.15, 0.2) is 60.7 Å². The van der Waals surface area contributed by atoms with Crippen molar-refractivity contribution in [2.45, 2.75) is 38.6 Å². The number of carbonyl (C=O) groups excluding carboxylic acids is 2. The van der Waals surface area contributed by atoms with Gasteiger partial charge in [0.05, 0.1) is 0 Å². The van der Waals surface area contributed by atoms with Crippen LogP contribution in [-0.2, 0) is 16.0 Å². The third-order valence-corrected chi connectivity index (χ3v) is 5.26. The highest BCUT2D eigenvalue weighted by Gasteiger charge is 2.22. The number of amides is 2. The van der Waals surface area contributed by atoms with E-state index in [1.165, 1.54) is 11.3 Å². The Hall–Kier alpha value is -3.06. The SMILES string of the molecule is CCCCC(=O)N[C@H](Cc1ccccc1)C(=O)Nc1nnc(-c2ccccc2)s1. The standard InChI is InChI=1S/C22H24N4O2S/c1-2-3-14-19(27)23-18(15-16-10-6-4-7-11-16)20(28)24-22-26-25-21(29-22)17-12-8-5-9-13-17/h4-13,18H,2-3,14-15H2,1H3,(H,23,27)(H,24,26,28)/t18-/m1/s1. The van der Waals surface area contributed by atoms with Crippen molar-refractivity contribution in [1.29, 1.82) is 0 Å². The fraction of sp³-hybridized carbons (Fsp3) is 0.273. The Morgan fingerprint density at radius 2 is 1.69 bits per heavy atom. The summed E-state index contributed by atoms with van der Waals surface area (Å²) in [5.41, 5.74) is 1.92. The molecule has 2 N–H and O–H groups in total. The highest BCUT2D eigenvalue weighted by atomic mass is 32.1. The van der Waals surface area contributed by atoms with Gasteiger partial charge in [-0.3, -0.25) is 14.9 Å². The molecule has 1 heterocycles. The van der Waals surface area contributed by atoms with E-state index in [-0.39, 0.29) is 11.8 Å². The van der Waals surface area contributed by atoms with Crippen LogP contribution in [0.3, 0.4) is 0 Å². The first kappa shape index (κ1) is 20.7. The molecule has 0 saturated carbocycles. The Morgan fingerprint density at radius 1 is 1.00 bits per heavy atom. The summed E-state index contributed by atoms with van der Waals surface area (Å²) in [6.45, 7) is 2.03. The Morgan fingerprint density at radius 3 is 2.38 bits per heavy atom. The summed E-state index contributed by atoms with van der Waals surface area (Å²) in [7, 11) is 0. The summed E-state index contributed by atoms with van der Waals surface area (Å²) in [6.07, 6.45) is 2.54. The molecule has 0 spiro atoms. The first-order valence-electron chi connectivity index (χ1n) is 9.68. The maximum atomic E-state index is 12.9. The van der Waals surface area contributed by atoms with Crippen molar-refractivity contribution in [2.24, 2.45) is 0 Å². The van der Waals surface area contributed by atoms with E-state index in [1.807, 2.05) is 67.6 Å². The molecule has 1 atom stereocenters. The first-order valence-corrected chi connectivity index (χ1v) is 10.5. The van der Waals surface area contributed by atoms with Gasteiger partial charge in [-0.05, 0) is 12.0 Å². The van der Waals surface area contributed by atoms with Gasteiger partial charge in [-0.25, -0.2) is 0 Å². The minimum Gasteiger partial charge on any atom is -0.344 e. The van der Waals surface area contributed by atoms with Crippen molar-refractivity contribution in [3.63, 3.8) is 0 Å². The molecule has 2 aromatic carbocycles. The molecule has 150 valence electrons. The lowest BCUT2D eigenvalue weighted by molar-refractivity contribution is -0.126. The van der Waals surface area contributed by atoms with Crippen LogP contribution in [0.2, 0.25) is 0 Å². The number of anilines is 1. The second-order valence-corrected chi connectivity index (χ2v) is 7.66. The molecule has 0 aliphatic rings. The van der Waals surface area contributed by atoms with E-state index < -0.39 is 6.04 Å². The van der Waals surface area contributed by atoms with Gasteiger partial charge in [-0.1, -0.05) is 85.3 Å². The zero-order valence-electron chi connectivity index (χ0n) is 16.3. The van der Waals surface area contributed by atoms with Gasteiger partial charge < -0.3 is 5.32 Å². The molecule has 3 aromatic rings. The third kappa shape index (κ3) is 6.22. The highest BCUT2D eigenvalue weighted by molar-refractivity contribution is 7.18. The summed E-state index contributed by atoms with van der Waals surface area (Å²) in [5.74, 6) is -0.417. The highest BCUT2D eigenvalue weighted by Crippen LogP contribution is 2.26. The van der Waals surface area contributed by atoms with Crippen molar-refractivity contribution < 1.29 is 9.59 Å².